The van der Waals surface area contributed by atoms with E-state index < -0.39 is 0 Å². The Balaban J connectivity index is 1.67. The van der Waals surface area contributed by atoms with E-state index in [0.717, 1.165) is 38.4 Å². The Kier molecular flexibility index (Phi) is 6.80. The summed E-state index contributed by atoms with van der Waals surface area (Å²) in [5.74, 6) is -0.102. The van der Waals surface area contributed by atoms with Crippen molar-refractivity contribution in [2.24, 2.45) is 5.92 Å². The highest BCUT2D eigenvalue weighted by atomic mass is 19.1. The minimum Gasteiger partial charge on any atom is -0.369 e. The number of piperazine rings is 1. The summed E-state index contributed by atoms with van der Waals surface area (Å²) in [5.41, 5.74) is 1.07. The third-order valence-electron chi connectivity index (χ3n) is 4.25. The van der Waals surface area contributed by atoms with Crippen LogP contribution in [0.25, 0.3) is 0 Å². The smallest absolute Gasteiger partial charge is 0.224 e. The van der Waals surface area contributed by atoms with Crippen LogP contribution < -0.4 is 15.5 Å². The van der Waals surface area contributed by atoms with E-state index in [1.807, 2.05) is 26.1 Å². The van der Waals surface area contributed by atoms with E-state index in [9.17, 15) is 9.18 Å². The van der Waals surface area contributed by atoms with E-state index in [-0.39, 0.29) is 17.6 Å². The molecule has 23 heavy (non-hydrogen) atoms. The molecule has 1 aromatic carbocycles. The predicted molar refractivity (Wildman–Crippen MR) is 91.2 cm³/mol. The second-order valence-corrected chi connectivity index (χ2v) is 6.05. The van der Waals surface area contributed by atoms with Crippen LogP contribution in [-0.4, -0.2) is 63.7 Å². The van der Waals surface area contributed by atoms with E-state index in [1.165, 1.54) is 12.1 Å². The Morgan fingerprint density at radius 2 is 1.87 bits per heavy atom. The van der Waals surface area contributed by atoms with Crippen LogP contribution in [-0.2, 0) is 4.79 Å². The molecule has 1 fully saturated rings. The average molecular weight is 322 g/mol. The summed E-state index contributed by atoms with van der Waals surface area (Å²) in [6.45, 7) is 7.94. The largest absolute Gasteiger partial charge is 0.369 e. The predicted octanol–water partition coefficient (Wildman–Crippen LogP) is 0.919. The number of nitrogens with one attached hydrogen (secondary N) is 2. The van der Waals surface area contributed by atoms with Gasteiger partial charge in [-0.25, -0.2) is 4.39 Å². The molecule has 1 heterocycles. The Labute approximate surface area is 137 Å². The fourth-order valence-corrected chi connectivity index (χ4v) is 2.79. The van der Waals surface area contributed by atoms with Gasteiger partial charge in [-0.15, -0.1) is 0 Å². The molecule has 2 rings (SSSR count). The van der Waals surface area contributed by atoms with Crippen LogP contribution in [0.3, 0.4) is 0 Å². The summed E-state index contributed by atoms with van der Waals surface area (Å²) < 4.78 is 13.0. The van der Waals surface area contributed by atoms with Crippen molar-refractivity contribution in [3.05, 3.63) is 30.1 Å². The van der Waals surface area contributed by atoms with Gasteiger partial charge in [0.15, 0.2) is 0 Å². The summed E-state index contributed by atoms with van der Waals surface area (Å²) >= 11 is 0. The molecule has 0 radical (unpaired) electrons. The monoisotopic (exact) mass is 322 g/mol. The molecule has 0 aromatic heterocycles. The summed E-state index contributed by atoms with van der Waals surface area (Å²) in [6, 6.07) is 6.66. The number of halogens is 1. The van der Waals surface area contributed by atoms with Crippen molar-refractivity contribution >= 4 is 11.6 Å². The SMILES string of the molecule is CNCC(C)C(=O)NCCN1CCN(c2ccc(F)cc2)CC1. The molecule has 128 valence electrons. The van der Waals surface area contributed by atoms with Crippen molar-refractivity contribution in [3.63, 3.8) is 0 Å². The molecule has 0 spiro atoms. The fourth-order valence-electron chi connectivity index (χ4n) is 2.79. The lowest BCUT2D eigenvalue weighted by atomic mass is 10.1. The molecular weight excluding hydrogens is 295 g/mol. The molecule has 5 nitrogen and oxygen atoms in total. The van der Waals surface area contributed by atoms with Gasteiger partial charge in [-0.3, -0.25) is 9.69 Å². The van der Waals surface area contributed by atoms with Gasteiger partial charge in [-0.1, -0.05) is 6.92 Å². The number of carbonyl (C=O) groups is 1. The van der Waals surface area contributed by atoms with Gasteiger partial charge in [0.05, 0.1) is 0 Å². The van der Waals surface area contributed by atoms with Crippen molar-refractivity contribution in [1.29, 1.82) is 0 Å². The van der Waals surface area contributed by atoms with Gasteiger partial charge in [-0.05, 0) is 31.3 Å². The lowest BCUT2D eigenvalue weighted by Gasteiger charge is -2.36. The number of rotatable bonds is 7. The third-order valence-corrected chi connectivity index (χ3v) is 4.25. The van der Waals surface area contributed by atoms with Crippen LogP contribution in [0.4, 0.5) is 10.1 Å². The summed E-state index contributed by atoms with van der Waals surface area (Å²) in [5, 5.41) is 6.00. The Morgan fingerprint density at radius 3 is 2.48 bits per heavy atom. The zero-order valence-electron chi connectivity index (χ0n) is 14.0. The van der Waals surface area contributed by atoms with E-state index in [2.05, 4.69) is 20.4 Å². The van der Waals surface area contributed by atoms with Crippen LogP contribution >= 0.6 is 0 Å². The van der Waals surface area contributed by atoms with Crippen molar-refractivity contribution in [1.82, 2.24) is 15.5 Å². The Morgan fingerprint density at radius 1 is 1.22 bits per heavy atom. The highest BCUT2D eigenvalue weighted by molar-refractivity contribution is 5.78. The highest BCUT2D eigenvalue weighted by Crippen LogP contribution is 2.16. The number of amides is 1. The molecule has 6 heteroatoms. The van der Waals surface area contributed by atoms with Gasteiger partial charge in [0.25, 0.3) is 0 Å². The summed E-state index contributed by atoms with van der Waals surface area (Å²) in [4.78, 5) is 16.4. The van der Waals surface area contributed by atoms with Crippen molar-refractivity contribution in [2.75, 3.05) is 57.8 Å². The minimum absolute atomic E-state index is 0.00433. The van der Waals surface area contributed by atoms with E-state index in [0.29, 0.717) is 13.1 Å². The number of nitrogens with zero attached hydrogens (tertiary/aromatic N) is 2. The first-order chi connectivity index (χ1) is 11.1. The lowest BCUT2D eigenvalue weighted by molar-refractivity contribution is -0.124. The number of benzene rings is 1. The van der Waals surface area contributed by atoms with Crippen molar-refractivity contribution in [2.45, 2.75) is 6.92 Å². The van der Waals surface area contributed by atoms with E-state index in [1.54, 1.807) is 0 Å². The molecule has 0 saturated carbocycles. The molecule has 1 saturated heterocycles. The molecule has 1 aliphatic heterocycles. The Bertz CT molecular complexity index is 486. The molecule has 1 unspecified atom stereocenters. The third kappa shape index (κ3) is 5.48. The number of anilines is 1. The van der Waals surface area contributed by atoms with Gasteiger partial charge in [0, 0.05) is 57.4 Å². The van der Waals surface area contributed by atoms with Crippen molar-refractivity contribution < 1.29 is 9.18 Å². The van der Waals surface area contributed by atoms with Crippen LogP contribution in [0.1, 0.15) is 6.92 Å². The first-order valence-corrected chi connectivity index (χ1v) is 8.25. The van der Waals surface area contributed by atoms with Gasteiger partial charge in [0.2, 0.25) is 5.91 Å². The first-order valence-electron chi connectivity index (χ1n) is 8.25. The molecule has 1 aromatic rings. The molecule has 1 atom stereocenters. The lowest BCUT2D eigenvalue weighted by Crippen LogP contribution is -2.49. The standard InChI is InChI=1S/C17H27FN4O/c1-14(13-19-2)17(23)20-7-8-21-9-11-22(12-10-21)16-5-3-15(18)4-6-16/h3-6,14,19H,7-13H2,1-2H3,(H,20,23). The maximum Gasteiger partial charge on any atom is 0.224 e. The molecule has 1 amide bonds. The van der Waals surface area contributed by atoms with Gasteiger partial charge in [0.1, 0.15) is 5.82 Å². The Hall–Kier alpha value is -1.66. The van der Waals surface area contributed by atoms with Crippen LogP contribution in [0, 0.1) is 11.7 Å². The topological polar surface area (TPSA) is 47.6 Å². The molecule has 2 N–H and O–H groups in total. The second kappa shape index (κ2) is 8.84. The number of carbonyl (C=O) groups excluding carboxylic acids is 1. The number of hydrogen-bond donors (Lipinski definition) is 2. The number of hydrogen-bond acceptors (Lipinski definition) is 4. The highest BCUT2D eigenvalue weighted by Gasteiger charge is 2.17. The molecule has 0 aliphatic carbocycles. The van der Waals surface area contributed by atoms with Crippen LogP contribution in [0.2, 0.25) is 0 Å². The van der Waals surface area contributed by atoms with Gasteiger partial charge >= 0.3 is 0 Å². The molecule has 0 bridgehead atoms. The van der Waals surface area contributed by atoms with E-state index >= 15 is 0 Å². The minimum atomic E-state index is -0.198. The zero-order valence-corrected chi connectivity index (χ0v) is 14.0. The zero-order chi connectivity index (χ0) is 16.7. The first kappa shape index (κ1) is 17.7. The van der Waals surface area contributed by atoms with Crippen molar-refractivity contribution in [3.8, 4) is 0 Å². The van der Waals surface area contributed by atoms with E-state index in [4.69, 9.17) is 0 Å². The van der Waals surface area contributed by atoms with Gasteiger partial charge in [-0.2, -0.15) is 0 Å². The average Bonchev–Trinajstić information content (AvgIpc) is 2.56. The molecule has 1 aliphatic rings. The molecular formula is C17H27FN4O. The second-order valence-electron chi connectivity index (χ2n) is 6.05. The van der Waals surface area contributed by atoms with Crippen LogP contribution in [0.15, 0.2) is 24.3 Å². The maximum absolute atomic E-state index is 13.0. The maximum atomic E-state index is 13.0. The summed E-state index contributed by atoms with van der Waals surface area (Å²) in [6.07, 6.45) is 0. The normalized spacial score (nSPS) is 17.1. The quantitative estimate of drug-likeness (QED) is 0.784. The van der Waals surface area contributed by atoms with Gasteiger partial charge < -0.3 is 15.5 Å². The summed E-state index contributed by atoms with van der Waals surface area (Å²) in [7, 11) is 1.85. The fraction of sp³-hybridized carbons (Fsp3) is 0.588. The van der Waals surface area contributed by atoms with Crippen LogP contribution in [0.5, 0.6) is 0 Å².